The van der Waals surface area contributed by atoms with E-state index in [2.05, 4.69) is 5.10 Å². The molecule has 0 unspecified atom stereocenters. The molecule has 0 bridgehead atoms. The first kappa shape index (κ1) is 20.3. The lowest BCUT2D eigenvalue weighted by atomic mass is 10.1. The maximum Gasteiger partial charge on any atom is 0.360 e. The number of benzene rings is 2. The molecule has 0 saturated heterocycles. The van der Waals surface area contributed by atoms with Gasteiger partial charge in [-0.05, 0) is 42.7 Å². The predicted molar refractivity (Wildman–Crippen MR) is 103 cm³/mol. The topological polar surface area (TPSA) is 44.1 Å². The molecule has 0 aliphatic carbocycles. The third-order valence-electron chi connectivity index (χ3n) is 3.80. The van der Waals surface area contributed by atoms with E-state index in [1.165, 1.54) is 36.0 Å². The number of halogens is 4. The lowest BCUT2D eigenvalue weighted by Gasteiger charge is -2.09. The van der Waals surface area contributed by atoms with Crippen molar-refractivity contribution in [1.29, 1.82) is 0 Å². The van der Waals surface area contributed by atoms with Crippen molar-refractivity contribution in [2.75, 3.05) is 18.6 Å². The van der Waals surface area contributed by atoms with E-state index in [1.807, 2.05) is 6.26 Å². The number of aromatic nitrogens is 2. The second kappa shape index (κ2) is 8.70. The molecule has 28 heavy (non-hydrogen) atoms. The summed E-state index contributed by atoms with van der Waals surface area (Å²) in [5.41, 5.74) is -0.0103. The lowest BCUT2D eigenvalue weighted by molar-refractivity contribution is 0.0523. The molecule has 0 amide bonds. The van der Waals surface area contributed by atoms with E-state index in [1.54, 1.807) is 0 Å². The number of nitrogens with zero attached hydrogens (tertiary/aromatic N) is 2. The fourth-order valence-corrected chi connectivity index (χ4v) is 3.05. The highest BCUT2D eigenvalue weighted by Gasteiger charge is 2.26. The van der Waals surface area contributed by atoms with Crippen LogP contribution in [0.2, 0.25) is 5.02 Å². The summed E-state index contributed by atoms with van der Waals surface area (Å²) in [6.07, 6.45) is 1.86. The summed E-state index contributed by atoms with van der Waals surface area (Å²) in [6, 6.07) is 7.98. The number of thioether (sulfide) groups is 1. The van der Waals surface area contributed by atoms with E-state index in [4.69, 9.17) is 16.3 Å². The second-order valence-electron chi connectivity index (χ2n) is 5.65. The highest BCUT2D eigenvalue weighted by atomic mass is 35.5. The Hall–Kier alpha value is -2.45. The van der Waals surface area contributed by atoms with Crippen molar-refractivity contribution >= 4 is 29.3 Å². The summed E-state index contributed by atoms with van der Waals surface area (Å²) < 4.78 is 47.5. The lowest BCUT2D eigenvalue weighted by Crippen LogP contribution is -2.10. The Bertz CT molecular complexity index is 1010. The molecule has 0 atom stereocenters. The summed E-state index contributed by atoms with van der Waals surface area (Å²) in [7, 11) is 0. The highest BCUT2D eigenvalue weighted by molar-refractivity contribution is 7.98. The average molecular weight is 427 g/mol. The van der Waals surface area contributed by atoms with E-state index in [0.29, 0.717) is 11.3 Å². The van der Waals surface area contributed by atoms with Crippen molar-refractivity contribution in [3.05, 3.63) is 70.6 Å². The molecular formula is C19H14ClF3N2O2S. The van der Waals surface area contributed by atoms with Crippen LogP contribution in [-0.2, 0) is 4.74 Å². The van der Waals surface area contributed by atoms with Crippen LogP contribution < -0.4 is 0 Å². The van der Waals surface area contributed by atoms with Crippen LogP contribution in [0.1, 0.15) is 10.5 Å². The minimum Gasteiger partial charge on any atom is -0.460 e. The van der Waals surface area contributed by atoms with Gasteiger partial charge >= 0.3 is 5.97 Å². The average Bonchev–Trinajstić information content (AvgIpc) is 3.01. The SMILES string of the molecule is CSCCOC(=O)c1nn(-c2cc(F)ccc2F)c(-c2ccc(F)cc2)c1Cl. The Morgan fingerprint density at radius 3 is 2.50 bits per heavy atom. The van der Waals surface area contributed by atoms with Crippen molar-refractivity contribution in [2.45, 2.75) is 0 Å². The van der Waals surface area contributed by atoms with E-state index < -0.39 is 23.4 Å². The monoisotopic (exact) mass is 426 g/mol. The zero-order valence-corrected chi connectivity index (χ0v) is 16.2. The second-order valence-corrected chi connectivity index (χ2v) is 7.02. The van der Waals surface area contributed by atoms with E-state index in [0.717, 1.165) is 22.9 Å². The first-order valence-corrected chi connectivity index (χ1v) is 9.85. The van der Waals surface area contributed by atoms with Crippen LogP contribution in [0, 0.1) is 17.5 Å². The van der Waals surface area contributed by atoms with Crippen LogP contribution in [0.25, 0.3) is 16.9 Å². The third-order valence-corrected chi connectivity index (χ3v) is 4.73. The van der Waals surface area contributed by atoms with Crippen molar-refractivity contribution in [3.63, 3.8) is 0 Å². The van der Waals surface area contributed by atoms with Gasteiger partial charge in [0, 0.05) is 17.4 Å². The van der Waals surface area contributed by atoms with Crippen molar-refractivity contribution < 1.29 is 22.7 Å². The van der Waals surface area contributed by atoms with E-state index >= 15 is 0 Å². The van der Waals surface area contributed by atoms with Gasteiger partial charge in [-0.2, -0.15) is 16.9 Å². The van der Waals surface area contributed by atoms with Gasteiger partial charge in [0.1, 0.15) is 34.8 Å². The van der Waals surface area contributed by atoms with Crippen molar-refractivity contribution in [2.24, 2.45) is 0 Å². The molecule has 0 spiro atoms. The van der Waals surface area contributed by atoms with Crippen LogP contribution in [0.4, 0.5) is 13.2 Å². The van der Waals surface area contributed by atoms with Crippen LogP contribution in [0.15, 0.2) is 42.5 Å². The molecular weight excluding hydrogens is 413 g/mol. The highest BCUT2D eigenvalue weighted by Crippen LogP contribution is 2.34. The molecule has 1 heterocycles. The third kappa shape index (κ3) is 4.18. The van der Waals surface area contributed by atoms with Gasteiger partial charge in [0.2, 0.25) is 0 Å². The number of carbonyl (C=O) groups is 1. The molecule has 3 rings (SSSR count). The van der Waals surface area contributed by atoms with Gasteiger partial charge in [-0.25, -0.2) is 22.6 Å². The number of esters is 1. The zero-order valence-electron chi connectivity index (χ0n) is 14.6. The Kier molecular flexibility index (Phi) is 6.31. The molecule has 3 aromatic rings. The molecule has 2 aromatic carbocycles. The summed E-state index contributed by atoms with van der Waals surface area (Å²) in [4.78, 5) is 12.4. The molecule has 0 N–H and O–H groups in total. The number of ether oxygens (including phenoxy) is 1. The zero-order chi connectivity index (χ0) is 20.3. The maximum absolute atomic E-state index is 14.4. The summed E-state index contributed by atoms with van der Waals surface area (Å²) in [5, 5.41) is 3.96. The molecule has 4 nitrogen and oxygen atoms in total. The van der Waals surface area contributed by atoms with Crippen LogP contribution >= 0.6 is 23.4 Å². The fraction of sp³-hybridized carbons (Fsp3) is 0.158. The van der Waals surface area contributed by atoms with Crippen LogP contribution in [0.3, 0.4) is 0 Å². The predicted octanol–water partition coefficient (Wildman–Crippen LogP) is 5.13. The summed E-state index contributed by atoms with van der Waals surface area (Å²) in [6.45, 7) is 0.142. The van der Waals surface area contributed by atoms with Crippen LogP contribution in [-0.4, -0.2) is 34.4 Å². The van der Waals surface area contributed by atoms with Gasteiger partial charge < -0.3 is 4.74 Å². The Morgan fingerprint density at radius 2 is 1.82 bits per heavy atom. The number of carbonyl (C=O) groups excluding carboxylic acids is 1. The molecule has 1 aromatic heterocycles. The minimum atomic E-state index is -0.794. The maximum atomic E-state index is 14.4. The smallest absolute Gasteiger partial charge is 0.360 e. The molecule has 146 valence electrons. The number of hydrogen-bond acceptors (Lipinski definition) is 4. The molecule has 0 radical (unpaired) electrons. The van der Waals surface area contributed by atoms with Gasteiger partial charge in [-0.15, -0.1) is 0 Å². The van der Waals surface area contributed by atoms with Gasteiger partial charge in [-0.1, -0.05) is 11.6 Å². The first-order chi connectivity index (χ1) is 13.4. The van der Waals surface area contributed by atoms with E-state index in [-0.39, 0.29) is 28.7 Å². The van der Waals surface area contributed by atoms with Gasteiger partial charge in [0.15, 0.2) is 5.69 Å². The molecule has 0 aliphatic heterocycles. The Balaban J connectivity index is 2.16. The largest absolute Gasteiger partial charge is 0.460 e. The molecule has 9 heteroatoms. The summed E-state index contributed by atoms with van der Waals surface area (Å²) in [5.74, 6) is -2.17. The van der Waals surface area contributed by atoms with Gasteiger partial charge in [0.25, 0.3) is 0 Å². The van der Waals surface area contributed by atoms with Gasteiger partial charge in [-0.3, -0.25) is 0 Å². The number of hydrogen-bond donors (Lipinski definition) is 0. The number of rotatable bonds is 6. The van der Waals surface area contributed by atoms with Crippen LogP contribution in [0.5, 0.6) is 0 Å². The molecule has 0 saturated carbocycles. The summed E-state index contributed by atoms with van der Waals surface area (Å²) >= 11 is 7.84. The first-order valence-electron chi connectivity index (χ1n) is 8.08. The normalized spacial score (nSPS) is 10.9. The Morgan fingerprint density at radius 1 is 1.14 bits per heavy atom. The molecule has 0 aliphatic rings. The molecule has 0 fully saturated rings. The van der Waals surface area contributed by atoms with Crippen molar-refractivity contribution in [1.82, 2.24) is 9.78 Å². The van der Waals surface area contributed by atoms with Gasteiger partial charge in [0.05, 0.1) is 5.69 Å². The standard InChI is InChI=1S/C19H14ClF3N2O2S/c1-28-9-8-27-19(26)17-16(20)18(11-2-4-12(21)5-3-11)25(24-17)15-10-13(22)6-7-14(15)23/h2-7,10H,8-9H2,1H3. The minimum absolute atomic E-state index is 0.107. The Labute approximate surface area is 168 Å². The fourth-order valence-electron chi connectivity index (χ4n) is 2.49. The van der Waals surface area contributed by atoms with Crippen molar-refractivity contribution in [3.8, 4) is 16.9 Å². The van der Waals surface area contributed by atoms with E-state index in [9.17, 15) is 18.0 Å². The quantitative estimate of drug-likeness (QED) is 0.405.